The van der Waals surface area contributed by atoms with Gasteiger partial charge < -0.3 is 0 Å². The van der Waals surface area contributed by atoms with Gasteiger partial charge in [-0.15, -0.1) is 0 Å². The Morgan fingerprint density at radius 2 is 1.85 bits per heavy atom. The molecule has 0 aliphatic rings. The first-order chi connectivity index (χ1) is 9.52. The van der Waals surface area contributed by atoms with Gasteiger partial charge in [-0.1, -0.05) is 41.4 Å². The number of hydrogen-bond acceptors (Lipinski definition) is 2. The van der Waals surface area contributed by atoms with Crippen LogP contribution in [0.3, 0.4) is 0 Å². The van der Waals surface area contributed by atoms with Gasteiger partial charge in [-0.3, -0.25) is 11.3 Å². The second kappa shape index (κ2) is 6.50. The number of rotatable bonds is 4. The summed E-state index contributed by atoms with van der Waals surface area (Å²) in [5, 5.41) is 0.0792. The van der Waals surface area contributed by atoms with E-state index in [0.29, 0.717) is 17.5 Å². The topological polar surface area (TPSA) is 38.0 Å². The van der Waals surface area contributed by atoms with Crippen molar-refractivity contribution < 1.29 is 8.78 Å². The van der Waals surface area contributed by atoms with Gasteiger partial charge in [0.2, 0.25) is 0 Å². The maximum absolute atomic E-state index is 13.5. The fourth-order valence-corrected chi connectivity index (χ4v) is 2.25. The molecular weight excluding hydrogens is 305 g/mol. The summed E-state index contributed by atoms with van der Waals surface area (Å²) >= 11 is 11.5. The summed E-state index contributed by atoms with van der Waals surface area (Å²) in [5.41, 5.74) is 3.76. The average molecular weight is 317 g/mol. The molecule has 0 aliphatic carbocycles. The number of hydrogen-bond donors (Lipinski definition) is 2. The molecule has 20 heavy (non-hydrogen) atoms. The van der Waals surface area contributed by atoms with Gasteiger partial charge in [0.05, 0.1) is 16.1 Å². The largest absolute Gasteiger partial charge is 0.271 e. The van der Waals surface area contributed by atoms with Crippen LogP contribution in [-0.2, 0) is 6.42 Å². The number of hydrazine groups is 1. The maximum Gasteiger partial charge on any atom is 0.142 e. The summed E-state index contributed by atoms with van der Waals surface area (Å²) in [7, 11) is 0. The SMILES string of the molecule is NNC(Cc1cccc(F)c1Cl)c1ccc(Cl)c(F)c1. The van der Waals surface area contributed by atoms with Crippen molar-refractivity contribution in [2.75, 3.05) is 0 Å². The molecule has 3 N–H and O–H groups in total. The van der Waals surface area contributed by atoms with Gasteiger partial charge in [-0.2, -0.15) is 0 Å². The molecule has 0 spiro atoms. The highest BCUT2D eigenvalue weighted by molar-refractivity contribution is 6.31. The highest BCUT2D eigenvalue weighted by atomic mass is 35.5. The van der Waals surface area contributed by atoms with Crippen LogP contribution in [0.5, 0.6) is 0 Å². The van der Waals surface area contributed by atoms with Gasteiger partial charge in [-0.25, -0.2) is 8.78 Å². The van der Waals surface area contributed by atoms with Crippen molar-refractivity contribution in [3.63, 3.8) is 0 Å². The second-order valence-corrected chi connectivity index (χ2v) is 5.10. The molecule has 0 bridgehead atoms. The van der Waals surface area contributed by atoms with Crippen LogP contribution in [0.15, 0.2) is 36.4 Å². The van der Waals surface area contributed by atoms with Crippen LogP contribution in [0.4, 0.5) is 8.78 Å². The second-order valence-electron chi connectivity index (χ2n) is 4.31. The fraction of sp³-hybridized carbons (Fsp3) is 0.143. The van der Waals surface area contributed by atoms with Gasteiger partial charge in [0.1, 0.15) is 11.6 Å². The van der Waals surface area contributed by atoms with E-state index in [1.54, 1.807) is 18.2 Å². The molecule has 1 unspecified atom stereocenters. The smallest absolute Gasteiger partial charge is 0.142 e. The van der Waals surface area contributed by atoms with Gasteiger partial charge >= 0.3 is 0 Å². The van der Waals surface area contributed by atoms with Gasteiger partial charge in [0, 0.05) is 0 Å². The molecule has 2 aromatic carbocycles. The van der Waals surface area contributed by atoms with Crippen molar-refractivity contribution in [1.82, 2.24) is 5.43 Å². The molecule has 0 saturated carbocycles. The van der Waals surface area contributed by atoms with Crippen LogP contribution >= 0.6 is 23.2 Å². The molecule has 0 radical (unpaired) electrons. The molecule has 0 fully saturated rings. The van der Waals surface area contributed by atoms with Crippen molar-refractivity contribution in [2.24, 2.45) is 5.84 Å². The van der Waals surface area contributed by atoms with E-state index in [9.17, 15) is 8.78 Å². The molecule has 0 saturated heterocycles. The zero-order chi connectivity index (χ0) is 14.7. The molecular formula is C14H12Cl2F2N2. The number of benzene rings is 2. The molecule has 0 aliphatic heterocycles. The van der Waals surface area contributed by atoms with Crippen molar-refractivity contribution in [3.8, 4) is 0 Å². The Balaban J connectivity index is 2.28. The molecule has 0 amide bonds. The Hall–Kier alpha value is -1.20. The van der Waals surface area contributed by atoms with E-state index < -0.39 is 17.7 Å². The Kier molecular flexibility index (Phi) is 4.94. The molecule has 2 nitrogen and oxygen atoms in total. The van der Waals surface area contributed by atoms with Crippen molar-refractivity contribution in [2.45, 2.75) is 12.5 Å². The zero-order valence-electron chi connectivity index (χ0n) is 10.3. The third-order valence-electron chi connectivity index (χ3n) is 3.00. The minimum Gasteiger partial charge on any atom is -0.271 e. The Labute approximate surface area is 125 Å². The van der Waals surface area contributed by atoms with Crippen molar-refractivity contribution in [3.05, 3.63) is 69.2 Å². The number of halogens is 4. The third-order valence-corrected chi connectivity index (χ3v) is 3.73. The molecule has 2 aromatic rings. The van der Waals surface area contributed by atoms with Crippen LogP contribution in [0, 0.1) is 11.6 Å². The van der Waals surface area contributed by atoms with Gasteiger partial charge in [0.15, 0.2) is 0 Å². The quantitative estimate of drug-likeness (QED) is 0.660. The lowest BCUT2D eigenvalue weighted by atomic mass is 9.99. The Morgan fingerprint density at radius 1 is 1.10 bits per heavy atom. The molecule has 0 heterocycles. The van der Waals surface area contributed by atoms with Crippen molar-refractivity contribution >= 4 is 23.2 Å². The number of nitrogens with one attached hydrogen (secondary N) is 1. The average Bonchev–Trinajstić information content (AvgIpc) is 2.44. The van der Waals surface area contributed by atoms with E-state index in [1.165, 1.54) is 18.2 Å². The van der Waals surface area contributed by atoms with E-state index in [2.05, 4.69) is 5.43 Å². The van der Waals surface area contributed by atoms with Crippen LogP contribution in [0.25, 0.3) is 0 Å². The van der Waals surface area contributed by atoms with E-state index >= 15 is 0 Å². The lowest BCUT2D eigenvalue weighted by Crippen LogP contribution is -2.29. The van der Waals surface area contributed by atoms with Crippen LogP contribution in [-0.4, -0.2) is 0 Å². The Bertz CT molecular complexity index is 620. The predicted molar refractivity (Wildman–Crippen MR) is 76.6 cm³/mol. The molecule has 6 heteroatoms. The lowest BCUT2D eigenvalue weighted by Gasteiger charge is -2.17. The van der Waals surface area contributed by atoms with Crippen LogP contribution in [0.1, 0.15) is 17.2 Å². The summed E-state index contributed by atoms with van der Waals surface area (Å²) in [6.07, 6.45) is 0.328. The molecule has 106 valence electrons. The molecule has 1 atom stereocenters. The minimum atomic E-state index is -0.533. The zero-order valence-corrected chi connectivity index (χ0v) is 11.8. The maximum atomic E-state index is 13.5. The number of nitrogens with two attached hydrogens (primary N) is 1. The Morgan fingerprint density at radius 3 is 2.50 bits per heavy atom. The third kappa shape index (κ3) is 3.27. The normalized spacial score (nSPS) is 12.4. The van der Waals surface area contributed by atoms with E-state index in [0.717, 1.165) is 0 Å². The van der Waals surface area contributed by atoms with E-state index in [-0.39, 0.29) is 10.0 Å². The van der Waals surface area contributed by atoms with Crippen LogP contribution in [0.2, 0.25) is 10.0 Å². The highest BCUT2D eigenvalue weighted by Gasteiger charge is 2.15. The van der Waals surface area contributed by atoms with E-state index in [4.69, 9.17) is 29.0 Å². The monoisotopic (exact) mass is 316 g/mol. The highest BCUT2D eigenvalue weighted by Crippen LogP contribution is 2.27. The summed E-state index contributed by atoms with van der Waals surface area (Å²) < 4.78 is 26.9. The van der Waals surface area contributed by atoms with Gasteiger partial charge in [-0.05, 0) is 35.7 Å². The summed E-state index contributed by atoms with van der Waals surface area (Å²) in [5.74, 6) is 4.46. The summed E-state index contributed by atoms with van der Waals surface area (Å²) in [6, 6.07) is 8.53. The molecule has 0 aromatic heterocycles. The first-order valence-corrected chi connectivity index (χ1v) is 6.62. The first kappa shape index (κ1) is 15.2. The van der Waals surface area contributed by atoms with Crippen LogP contribution < -0.4 is 11.3 Å². The summed E-state index contributed by atoms with van der Waals surface area (Å²) in [4.78, 5) is 0. The van der Waals surface area contributed by atoms with Gasteiger partial charge in [0.25, 0.3) is 0 Å². The van der Waals surface area contributed by atoms with E-state index in [1.807, 2.05) is 0 Å². The molecule has 2 rings (SSSR count). The lowest BCUT2D eigenvalue weighted by molar-refractivity contribution is 0.542. The predicted octanol–water partition coefficient (Wildman–Crippen LogP) is 4.02. The summed E-state index contributed by atoms with van der Waals surface area (Å²) in [6.45, 7) is 0. The fourth-order valence-electron chi connectivity index (χ4n) is 1.93. The minimum absolute atomic E-state index is 0.0355. The standard InChI is InChI=1S/C14H12Cl2F2N2/c15-10-5-4-8(6-12(10)18)13(20-19)7-9-2-1-3-11(17)14(9)16/h1-6,13,20H,7,19H2. The van der Waals surface area contributed by atoms with Crippen molar-refractivity contribution in [1.29, 1.82) is 0 Å². The first-order valence-electron chi connectivity index (χ1n) is 5.87.